The van der Waals surface area contributed by atoms with Crippen LogP contribution in [0.5, 0.6) is 5.75 Å². The molecule has 0 aliphatic rings. The molecule has 0 unspecified atom stereocenters. The predicted molar refractivity (Wildman–Crippen MR) is 106 cm³/mol. The number of aromatic nitrogens is 3. The summed E-state index contributed by atoms with van der Waals surface area (Å²) in [4.78, 5) is 14.9. The molecule has 0 spiro atoms. The molecule has 3 aromatic rings. The van der Waals surface area contributed by atoms with Crippen molar-refractivity contribution in [2.45, 2.75) is 13.1 Å². The number of hydrogen-bond acceptors (Lipinski definition) is 6. The van der Waals surface area contributed by atoms with Gasteiger partial charge in [-0.25, -0.2) is 15.0 Å². The fourth-order valence-electron chi connectivity index (χ4n) is 2.94. The lowest BCUT2D eigenvalue weighted by atomic mass is 10.0. The Hall–Kier alpha value is -2.94. The first-order valence-electron chi connectivity index (χ1n) is 9.02. The van der Waals surface area contributed by atoms with Gasteiger partial charge in [-0.05, 0) is 45.3 Å². The molecule has 0 atom stereocenters. The molecule has 9 heteroatoms. The predicted octanol–water partition coefficient (Wildman–Crippen LogP) is 4.00. The summed E-state index contributed by atoms with van der Waals surface area (Å²) in [7, 11) is 5.44. The average Bonchev–Trinajstić information content (AvgIpc) is 2.65. The van der Waals surface area contributed by atoms with Crippen LogP contribution in [0.1, 0.15) is 11.4 Å². The Labute approximate surface area is 166 Å². The summed E-state index contributed by atoms with van der Waals surface area (Å²) in [6.45, 7) is 2.52. The molecule has 2 heterocycles. The zero-order valence-corrected chi connectivity index (χ0v) is 16.6. The Morgan fingerprint density at radius 3 is 2.48 bits per heavy atom. The standard InChI is InChI=1S/C20H22F3N5O/c1-12-25-18(24-2)13-8-9-15(27-19(13)26-12)17-14(20(21,22)23)6-5-7-16(17)29-11-10-28(3)4/h5-9H,10-11H2,1-4H3,(H,24,25,26,27). The SMILES string of the molecule is CNc1nc(C)nc2nc(-c3c(OCCN(C)C)cccc3C(F)(F)F)ccc12. The zero-order valence-electron chi connectivity index (χ0n) is 16.6. The van der Waals surface area contributed by atoms with E-state index in [2.05, 4.69) is 20.3 Å². The Bertz CT molecular complexity index is 1020. The van der Waals surface area contributed by atoms with Crippen molar-refractivity contribution < 1.29 is 17.9 Å². The van der Waals surface area contributed by atoms with Crippen molar-refractivity contribution in [3.63, 3.8) is 0 Å². The molecule has 0 saturated heterocycles. The lowest BCUT2D eigenvalue weighted by Gasteiger charge is -2.18. The molecule has 6 nitrogen and oxygen atoms in total. The Kier molecular flexibility index (Phi) is 5.88. The van der Waals surface area contributed by atoms with Crippen molar-refractivity contribution in [3.8, 4) is 17.0 Å². The van der Waals surface area contributed by atoms with Gasteiger partial charge in [0.15, 0.2) is 5.65 Å². The smallest absolute Gasteiger partial charge is 0.417 e. The molecular weight excluding hydrogens is 383 g/mol. The van der Waals surface area contributed by atoms with E-state index in [1.54, 1.807) is 20.0 Å². The van der Waals surface area contributed by atoms with Crippen LogP contribution in [-0.2, 0) is 6.18 Å². The Morgan fingerprint density at radius 2 is 1.83 bits per heavy atom. The van der Waals surface area contributed by atoms with Gasteiger partial charge in [-0.2, -0.15) is 13.2 Å². The van der Waals surface area contributed by atoms with Crippen LogP contribution in [0.2, 0.25) is 0 Å². The number of rotatable bonds is 6. The molecule has 3 rings (SSSR count). The summed E-state index contributed by atoms with van der Waals surface area (Å²) in [6, 6.07) is 7.09. The minimum Gasteiger partial charge on any atom is -0.492 e. The lowest BCUT2D eigenvalue weighted by Crippen LogP contribution is -2.20. The quantitative estimate of drug-likeness (QED) is 0.669. The summed E-state index contributed by atoms with van der Waals surface area (Å²) in [6.07, 6.45) is -4.55. The topological polar surface area (TPSA) is 63.2 Å². The van der Waals surface area contributed by atoms with Crippen LogP contribution in [0.15, 0.2) is 30.3 Å². The highest BCUT2D eigenvalue weighted by molar-refractivity contribution is 5.89. The summed E-state index contributed by atoms with van der Waals surface area (Å²) in [5.74, 6) is 1.17. The molecule has 0 radical (unpaired) electrons. The first-order chi connectivity index (χ1) is 13.7. The van der Waals surface area contributed by atoms with Crippen molar-refractivity contribution in [2.24, 2.45) is 0 Å². The van der Waals surface area contributed by atoms with Gasteiger partial charge < -0.3 is 15.0 Å². The fourth-order valence-corrected chi connectivity index (χ4v) is 2.94. The fraction of sp³-hybridized carbons (Fsp3) is 0.350. The average molecular weight is 405 g/mol. The van der Waals surface area contributed by atoms with Gasteiger partial charge in [-0.1, -0.05) is 6.07 Å². The second-order valence-electron chi connectivity index (χ2n) is 6.77. The van der Waals surface area contributed by atoms with E-state index in [1.807, 2.05) is 19.0 Å². The third-order valence-corrected chi connectivity index (χ3v) is 4.29. The number of pyridine rings is 1. The van der Waals surface area contributed by atoms with Gasteiger partial charge >= 0.3 is 6.18 Å². The number of alkyl halides is 3. The second-order valence-corrected chi connectivity index (χ2v) is 6.77. The summed E-state index contributed by atoms with van der Waals surface area (Å²) >= 11 is 0. The zero-order chi connectivity index (χ0) is 21.2. The van der Waals surface area contributed by atoms with Crippen LogP contribution in [0.3, 0.4) is 0 Å². The van der Waals surface area contributed by atoms with E-state index in [9.17, 15) is 13.2 Å². The van der Waals surface area contributed by atoms with Gasteiger partial charge in [0.05, 0.1) is 22.2 Å². The summed E-state index contributed by atoms with van der Waals surface area (Å²) < 4.78 is 46.9. The number of hydrogen-bond donors (Lipinski definition) is 1. The number of halogens is 3. The van der Waals surface area contributed by atoms with Gasteiger partial charge in [0.25, 0.3) is 0 Å². The number of ether oxygens (including phenoxy) is 1. The van der Waals surface area contributed by atoms with E-state index in [0.717, 1.165) is 6.07 Å². The highest BCUT2D eigenvalue weighted by Crippen LogP contribution is 2.42. The van der Waals surface area contributed by atoms with Crippen molar-refractivity contribution >= 4 is 16.9 Å². The van der Waals surface area contributed by atoms with Crippen LogP contribution in [0.25, 0.3) is 22.3 Å². The summed E-state index contributed by atoms with van der Waals surface area (Å²) in [5.41, 5.74) is -0.435. The minimum absolute atomic E-state index is 0.0945. The maximum absolute atomic E-state index is 13.7. The van der Waals surface area contributed by atoms with Crippen LogP contribution < -0.4 is 10.1 Å². The minimum atomic E-state index is -4.55. The summed E-state index contributed by atoms with van der Waals surface area (Å²) in [5, 5.41) is 3.58. The molecule has 0 aliphatic heterocycles. The molecule has 0 amide bonds. The van der Waals surface area contributed by atoms with Crippen molar-refractivity contribution in [3.05, 3.63) is 41.7 Å². The molecule has 0 aliphatic carbocycles. The van der Waals surface area contributed by atoms with Gasteiger partial charge in [-0.15, -0.1) is 0 Å². The van der Waals surface area contributed by atoms with E-state index in [-0.39, 0.29) is 23.6 Å². The lowest BCUT2D eigenvalue weighted by molar-refractivity contribution is -0.137. The maximum Gasteiger partial charge on any atom is 0.417 e. The second kappa shape index (κ2) is 8.20. The molecule has 154 valence electrons. The third kappa shape index (κ3) is 4.56. The Balaban J connectivity index is 2.17. The number of nitrogens with one attached hydrogen (secondary N) is 1. The molecule has 0 saturated carbocycles. The van der Waals surface area contributed by atoms with Gasteiger partial charge in [-0.3, -0.25) is 0 Å². The number of nitrogens with zero attached hydrogens (tertiary/aromatic N) is 4. The van der Waals surface area contributed by atoms with Crippen LogP contribution in [0.4, 0.5) is 19.0 Å². The number of likely N-dealkylation sites (N-methyl/N-ethyl adjacent to an activating group) is 1. The molecule has 29 heavy (non-hydrogen) atoms. The number of anilines is 1. The molecule has 0 fully saturated rings. The molecule has 1 N–H and O–H groups in total. The van der Waals surface area contributed by atoms with Gasteiger partial charge in [0.1, 0.15) is 24.0 Å². The van der Waals surface area contributed by atoms with Crippen molar-refractivity contribution in [1.29, 1.82) is 0 Å². The molecule has 2 aromatic heterocycles. The van der Waals surface area contributed by atoms with E-state index < -0.39 is 11.7 Å². The number of fused-ring (bicyclic) bond motifs is 1. The van der Waals surface area contributed by atoms with Crippen molar-refractivity contribution in [2.75, 3.05) is 39.6 Å². The van der Waals surface area contributed by atoms with Gasteiger partial charge in [0, 0.05) is 13.6 Å². The number of aryl methyl sites for hydroxylation is 1. The monoisotopic (exact) mass is 405 g/mol. The molecule has 1 aromatic carbocycles. The van der Waals surface area contributed by atoms with E-state index in [4.69, 9.17) is 4.74 Å². The van der Waals surface area contributed by atoms with Crippen LogP contribution >= 0.6 is 0 Å². The third-order valence-electron chi connectivity index (χ3n) is 4.29. The Morgan fingerprint density at radius 1 is 1.07 bits per heavy atom. The van der Waals surface area contributed by atoms with Crippen LogP contribution in [0, 0.1) is 6.92 Å². The van der Waals surface area contributed by atoms with E-state index >= 15 is 0 Å². The maximum atomic E-state index is 13.7. The molecule has 0 bridgehead atoms. The number of benzene rings is 1. The molecular formula is C20H22F3N5O. The largest absolute Gasteiger partial charge is 0.492 e. The highest BCUT2D eigenvalue weighted by atomic mass is 19.4. The highest BCUT2D eigenvalue weighted by Gasteiger charge is 2.35. The van der Waals surface area contributed by atoms with Crippen LogP contribution in [-0.4, -0.2) is 54.1 Å². The van der Waals surface area contributed by atoms with E-state index in [0.29, 0.717) is 29.2 Å². The first-order valence-corrected chi connectivity index (χ1v) is 9.02. The van der Waals surface area contributed by atoms with Crippen molar-refractivity contribution in [1.82, 2.24) is 19.9 Å². The van der Waals surface area contributed by atoms with Gasteiger partial charge in [0.2, 0.25) is 0 Å². The first kappa shape index (κ1) is 20.8. The normalized spacial score (nSPS) is 11.9. The van der Waals surface area contributed by atoms with E-state index in [1.165, 1.54) is 18.2 Å².